The Balaban J connectivity index is 1.60. The molecule has 2 fully saturated rings. The fraction of sp³-hybridized carbons (Fsp3) is 0.611. The standard InChI is InChI=1S/C18H24N4O3/c1-22-16-15(18(25)21-22)13(8-14(20-16)11-5-6-11)17(24)19-9-10-3-2-4-12(23)7-10/h8,10-12,23H,2-7,9H2,1H3,(H,19,24)(H,21,25). The number of H-pyrrole nitrogens is 1. The molecule has 25 heavy (non-hydrogen) atoms. The molecule has 2 aliphatic rings. The normalized spacial score (nSPS) is 23.8. The Morgan fingerprint density at radius 2 is 2.20 bits per heavy atom. The van der Waals surface area contributed by atoms with Crippen LogP contribution in [0.3, 0.4) is 0 Å². The molecule has 0 bridgehead atoms. The van der Waals surface area contributed by atoms with Gasteiger partial charge in [-0.05, 0) is 44.1 Å². The first-order valence-corrected chi connectivity index (χ1v) is 9.09. The number of amides is 1. The zero-order chi connectivity index (χ0) is 17.6. The molecule has 2 aliphatic carbocycles. The number of aromatic amines is 1. The van der Waals surface area contributed by atoms with Crippen molar-refractivity contribution < 1.29 is 9.90 Å². The van der Waals surface area contributed by atoms with Crippen molar-refractivity contribution in [2.75, 3.05) is 6.54 Å². The zero-order valence-corrected chi connectivity index (χ0v) is 14.4. The number of hydrogen-bond acceptors (Lipinski definition) is 4. The number of aryl methyl sites for hydroxylation is 1. The smallest absolute Gasteiger partial charge is 0.274 e. The molecule has 2 aromatic heterocycles. The number of rotatable bonds is 4. The molecule has 3 N–H and O–H groups in total. The molecule has 0 saturated heterocycles. The summed E-state index contributed by atoms with van der Waals surface area (Å²) in [7, 11) is 1.73. The molecule has 1 amide bonds. The van der Waals surface area contributed by atoms with E-state index in [4.69, 9.17) is 0 Å². The van der Waals surface area contributed by atoms with Crippen LogP contribution in [0.25, 0.3) is 11.0 Å². The predicted molar refractivity (Wildman–Crippen MR) is 93.6 cm³/mol. The van der Waals surface area contributed by atoms with E-state index in [-0.39, 0.29) is 17.6 Å². The minimum atomic E-state index is -0.286. The highest BCUT2D eigenvalue weighted by atomic mass is 16.3. The van der Waals surface area contributed by atoms with Crippen LogP contribution in [-0.2, 0) is 7.05 Å². The maximum Gasteiger partial charge on any atom is 0.274 e. The van der Waals surface area contributed by atoms with Gasteiger partial charge in [0.15, 0.2) is 5.65 Å². The summed E-state index contributed by atoms with van der Waals surface area (Å²) in [6.45, 7) is 0.531. The molecule has 7 heteroatoms. The van der Waals surface area contributed by atoms with Gasteiger partial charge in [0.25, 0.3) is 11.5 Å². The van der Waals surface area contributed by atoms with Crippen LogP contribution in [0, 0.1) is 5.92 Å². The van der Waals surface area contributed by atoms with Crippen LogP contribution >= 0.6 is 0 Å². The Morgan fingerprint density at radius 1 is 1.40 bits per heavy atom. The van der Waals surface area contributed by atoms with E-state index in [2.05, 4.69) is 15.4 Å². The van der Waals surface area contributed by atoms with Gasteiger partial charge in [0.1, 0.15) is 0 Å². The number of carbonyl (C=O) groups is 1. The van der Waals surface area contributed by atoms with Gasteiger partial charge in [-0.25, -0.2) is 4.98 Å². The Bertz CT molecular complexity index is 865. The molecule has 2 atom stereocenters. The first kappa shape index (κ1) is 16.3. The van der Waals surface area contributed by atoms with Crippen molar-refractivity contribution in [3.8, 4) is 0 Å². The number of aliphatic hydroxyl groups is 1. The summed E-state index contributed by atoms with van der Waals surface area (Å²) >= 11 is 0. The number of nitrogens with zero attached hydrogens (tertiary/aromatic N) is 2. The molecule has 7 nitrogen and oxygen atoms in total. The number of fused-ring (bicyclic) bond motifs is 1. The van der Waals surface area contributed by atoms with Gasteiger partial charge in [-0.2, -0.15) is 0 Å². The summed E-state index contributed by atoms with van der Waals surface area (Å²) in [4.78, 5) is 29.6. The van der Waals surface area contributed by atoms with Crippen LogP contribution in [-0.4, -0.2) is 38.4 Å². The van der Waals surface area contributed by atoms with E-state index in [0.29, 0.717) is 35.0 Å². The summed E-state index contributed by atoms with van der Waals surface area (Å²) in [5.41, 5.74) is 1.55. The van der Waals surface area contributed by atoms with Crippen molar-refractivity contribution in [2.24, 2.45) is 13.0 Å². The summed E-state index contributed by atoms with van der Waals surface area (Å²) in [6.07, 6.45) is 5.48. The van der Waals surface area contributed by atoms with E-state index < -0.39 is 0 Å². The average Bonchev–Trinajstić information content (AvgIpc) is 3.39. The van der Waals surface area contributed by atoms with Crippen molar-refractivity contribution in [3.63, 3.8) is 0 Å². The van der Waals surface area contributed by atoms with E-state index in [0.717, 1.165) is 44.2 Å². The minimum Gasteiger partial charge on any atom is -0.393 e. The zero-order valence-electron chi connectivity index (χ0n) is 14.4. The third-order valence-electron chi connectivity index (χ3n) is 5.38. The molecule has 0 aromatic carbocycles. The van der Waals surface area contributed by atoms with Gasteiger partial charge < -0.3 is 10.4 Å². The molecule has 0 radical (unpaired) electrons. The Kier molecular flexibility index (Phi) is 4.11. The maximum absolute atomic E-state index is 12.8. The van der Waals surface area contributed by atoms with E-state index in [9.17, 15) is 14.7 Å². The molecule has 2 heterocycles. The van der Waals surface area contributed by atoms with Crippen LogP contribution in [0.4, 0.5) is 0 Å². The molecule has 0 spiro atoms. The number of aliphatic hydroxyl groups excluding tert-OH is 1. The number of aromatic nitrogens is 3. The molecule has 0 aliphatic heterocycles. The van der Waals surface area contributed by atoms with Gasteiger partial charge in [-0.15, -0.1) is 0 Å². The summed E-state index contributed by atoms with van der Waals surface area (Å²) in [5.74, 6) is 0.461. The fourth-order valence-electron chi connectivity index (χ4n) is 3.83. The van der Waals surface area contributed by atoms with E-state index in [1.807, 2.05) is 0 Å². The molecule has 4 rings (SSSR count). The lowest BCUT2D eigenvalue weighted by Crippen LogP contribution is -2.33. The molecule has 2 unspecified atom stereocenters. The van der Waals surface area contributed by atoms with Gasteiger partial charge in [0, 0.05) is 25.2 Å². The molecule has 134 valence electrons. The van der Waals surface area contributed by atoms with Gasteiger partial charge in [0.2, 0.25) is 0 Å². The SMILES string of the molecule is Cn1[nH]c(=O)c2c(C(=O)NCC3CCCC(O)C3)cc(C3CC3)nc21. The second-order valence-electron chi connectivity index (χ2n) is 7.46. The van der Waals surface area contributed by atoms with Crippen LogP contribution in [0.1, 0.15) is 60.5 Å². The highest BCUT2D eigenvalue weighted by molar-refractivity contribution is 6.05. The largest absolute Gasteiger partial charge is 0.393 e. The lowest BCUT2D eigenvalue weighted by atomic mass is 9.87. The van der Waals surface area contributed by atoms with Gasteiger partial charge in [-0.3, -0.25) is 19.4 Å². The van der Waals surface area contributed by atoms with Crippen molar-refractivity contribution >= 4 is 16.9 Å². The summed E-state index contributed by atoms with van der Waals surface area (Å²) < 4.78 is 1.58. The first-order chi connectivity index (χ1) is 12.0. The number of carbonyl (C=O) groups excluding carboxylic acids is 1. The highest BCUT2D eigenvalue weighted by Gasteiger charge is 2.29. The lowest BCUT2D eigenvalue weighted by molar-refractivity contribution is 0.0875. The molecule has 2 saturated carbocycles. The van der Waals surface area contributed by atoms with Gasteiger partial charge in [0.05, 0.1) is 17.1 Å². The third kappa shape index (κ3) is 3.20. The predicted octanol–water partition coefficient (Wildman–Crippen LogP) is 1.42. The van der Waals surface area contributed by atoms with E-state index in [1.165, 1.54) is 0 Å². The monoisotopic (exact) mass is 344 g/mol. The Hall–Kier alpha value is -2.15. The third-order valence-corrected chi connectivity index (χ3v) is 5.38. The van der Waals surface area contributed by atoms with Crippen molar-refractivity contribution in [1.82, 2.24) is 20.1 Å². The topological polar surface area (TPSA) is 100 Å². The van der Waals surface area contributed by atoms with E-state index in [1.54, 1.807) is 17.8 Å². The van der Waals surface area contributed by atoms with Gasteiger partial charge in [-0.1, -0.05) is 6.42 Å². The lowest BCUT2D eigenvalue weighted by Gasteiger charge is -2.25. The van der Waals surface area contributed by atoms with Crippen molar-refractivity contribution in [3.05, 3.63) is 27.7 Å². The highest BCUT2D eigenvalue weighted by Crippen LogP contribution is 2.39. The van der Waals surface area contributed by atoms with Crippen LogP contribution in [0.2, 0.25) is 0 Å². The van der Waals surface area contributed by atoms with Crippen LogP contribution in [0.15, 0.2) is 10.9 Å². The molecular weight excluding hydrogens is 320 g/mol. The average molecular weight is 344 g/mol. The van der Waals surface area contributed by atoms with Crippen molar-refractivity contribution in [2.45, 2.75) is 50.5 Å². The Morgan fingerprint density at radius 3 is 2.92 bits per heavy atom. The second kappa shape index (κ2) is 6.29. The number of pyridine rings is 1. The fourth-order valence-corrected chi connectivity index (χ4v) is 3.83. The Labute approximate surface area is 145 Å². The second-order valence-corrected chi connectivity index (χ2v) is 7.46. The quantitative estimate of drug-likeness (QED) is 0.781. The minimum absolute atomic E-state index is 0.230. The van der Waals surface area contributed by atoms with Crippen LogP contribution < -0.4 is 10.9 Å². The number of nitrogens with one attached hydrogen (secondary N) is 2. The molecular formula is C18H24N4O3. The van der Waals surface area contributed by atoms with Gasteiger partial charge >= 0.3 is 0 Å². The number of hydrogen-bond donors (Lipinski definition) is 3. The van der Waals surface area contributed by atoms with Crippen molar-refractivity contribution in [1.29, 1.82) is 0 Å². The van der Waals surface area contributed by atoms with E-state index >= 15 is 0 Å². The summed E-state index contributed by atoms with van der Waals surface area (Å²) in [5, 5.41) is 15.8. The molecule has 2 aromatic rings. The maximum atomic E-state index is 12.8. The first-order valence-electron chi connectivity index (χ1n) is 9.09. The summed E-state index contributed by atoms with van der Waals surface area (Å²) in [6, 6.07) is 1.78. The van der Waals surface area contributed by atoms with Crippen LogP contribution in [0.5, 0.6) is 0 Å².